The van der Waals surface area contributed by atoms with Gasteiger partial charge >= 0.3 is 0 Å². The second kappa shape index (κ2) is 7.35. The van der Waals surface area contributed by atoms with Crippen molar-refractivity contribution in [3.05, 3.63) is 84.1 Å². The minimum absolute atomic E-state index is 0.0695. The number of H-pyrrole nitrogens is 1. The van der Waals surface area contributed by atoms with E-state index in [-0.39, 0.29) is 11.9 Å². The van der Waals surface area contributed by atoms with Gasteiger partial charge < -0.3 is 19.2 Å². The first-order valence-corrected chi connectivity index (χ1v) is 9.79. The number of carbonyl (C=O) groups is 1. The molecule has 1 aliphatic heterocycles. The number of hydrogen-bond acceptors (Lipinski definition) is 4. The molecule has 30 heavy (non-hydrogen) atoms. The fourth-order valence-corrected chi connectivity index (χ4v) is 3.98. The van der Waals surface area contributed by atoms with E-state index < -0.39 is 6.10 Å². The number of epoxide rings is 1. The fourth-order valence-electron chi connectivity index (χ4n) is 3.98. The molecule has 5 rings (SSSR count). The number of ketones is 1. The second-order valence-corrected chi connectivity index (χ2v) is 7.25. The van der Waals surface area contributed by atoms with Gasteiger partial charge in [0.25, 0.3) is 0 Å². The number of methoxy groups -OCH3 is 2. The van der Waals surface area contributed by atoms with E-state index in [1.165, 1.54) is 0 Å². The largest absolute Gasteiger partial charge is 0.497 e. The predicted octanol–water partition coefficient (Wildman–Crippen LogP) is 5.17. The molecule has 1 N–H and O–H groups in total. The molecular weight excluding hydrogens is 378 g/mol. The third kappa shape index (κ3) is 3.04. The van der Waals surface area contributed by atoms with Gasteiger partial charge in [-0.25, -0.2) is 0 Å². The monoisotopic (exact) mass is 399 g/mol. The Bertz CT molecular complexity index is 1210. The van der Waals surface area contributed by atoms with Gasteiger partial charge in [0.05, 0.1) is 30.8 Å². The third-order valence-electron chi connectivity index (χ3n) is 5.48. The van der Waals surface area contributed by atoms with Crippen molar-refractivity contribution in [2.75, 3.05) is 14.2 Å². The predicted molar refractivity (Wildman–Crippen MR) is 115 cm³/mol. The Morgan fingerprint density at radius 1 is 0.933 bits per heavy atom. The molecule has 1 fully saturated rings. The normalized spacial score (nSPS) is 17.7. The average Bonchev–Trinajstić information content (AvgIpc) is 3.52. The average molecular weight is 399 g/mol. The highest BCUT2D eigenvalue weighted by molar-refractivity contribution is 6.14. The minimum atomic E-state index is -0.504. The molecule has 150 valence electrons. The van der Waals surface area contributed by atoms with Crippen LogP contribution in [0.15, 0.2) is 72.8 Å². The summed E-state index contributed by atoms with van der Waals surface area (Å²) in [6.45, 7) is 0. The molecule has 5 nitrogen and oxygen atoms in total. The fraction of sp³-hybridized carbons (Fsp3) is 0.160. The topological polar surface area (TPSA) is 63.9 Å². The third-order valence-corrected chi connectivity index (χ3v) is 5.48. The van der Waals surface area contributed by atoms with E-state index in [1.807, 2.05) is 72.8 Å². The molecule has 0 aliphatic carbocycles. The zero-order valence-electron chi connectivity index (χ0n) is 16.7. The molecule has 1 aliphatic rings. The van der Waals surface area contributed by atoms with Crippen LogP contribution in [0.4, 0.5) is 0 Å². The summed E-state index contributed by atoms with van der Waals surface area (Å²) in [6.07, 6.45) is -0.721. The van der Waals surface area contributed by atoms with Gasteiger partial charge in [0.1, 0.15) is 17.6 Å². The van der Waals surface area contributed by atoms with E-state index in [0.29, 0.717) is 17.2 Å². The van der Waals surface area contributed by atoms with Crippen molar-refractivity contribution in [2.45, 2.75) is 12.2 Å². The maximum Gasteiger partial charge on any atom is 0.211 e. The lowest BCUT2D eigenvalue weighted by Gasteiger charge is -2.09. The summed E-state index contributed by atoms with van der Waals surface area (Å²) in [5.74, 6) is 1.23. The quantitative estimate of drug-likeness (QED) is 0.359. The lowest BCUT2D eigenvalue weighted by atomic mass is 9.97. The van der Waals surface area contributed by atoms with Crippen molar-refractivity contribution in [1.29, 1.82) is 0 Å². The van der Waals surface area contributed by atoms with Gasteiger partial charge in [-0.05, 0) is 11.1 Å². The zero-order chi connectivity index (χ0) is 20.7. The van der Waals surface area contributed by atoms with E-state index in [4.69, 9.17) is 14.2 Å². The Morgan fingerprint density at radius 3 is 2.30 bits per heavy atom. The Hall–Kier alpha value is -3.57. The van der Waals surface area contributed by atoms with Crippen LogP contribution in [0.2, 0.25) is 0 Å². The molecule has 3 aromatic carbocycles. The highest BCUT2D eigenvalue weighted by Gasteiger charge is 2.47. The Balaban J connectivity index is 1.65. The Labute approximate surface area is 174 Å². The van der Waals surface area contributed by atoms with Gasteiger partial charge in [0.15, 0.2) is 6.10 Å². The number of aromatic nitrogens is 1. The van der Waals surface area contributed by atoms with Crippen molar-refractivity contribution in [2.24, 2.45) is 0 Å². The molecule has 1 aromatic heterocycles. The first-order chi connectivity index (χ1) is 14.7. The summed E-state index contributed by atoms with van der Waals surface area (Å²) in [6, 6.07) is 23.4. The zero-order valence-corrected chi connectivity index (χ0v) is 16.7. The van der Waals surface area contributed by atoms with E-state index >= 15 is 0 Å². The van der Waals surface area contributed by atoms with Crippen LogP contribution in [0.25, 0.3) is 22.0 Å². The SMILES string of the molecule is COc1cc(OC)c2c(-c3ccccc3)c(C(=O)C3OC3c3ccccc3)[nH]c2c1. The molecule has 1 saturated heterocycles. The number of fused-ring (bicyclic) bond motifs is 1. The first-order valence-electron chi connectivity index (χ1n) is 9.79. The highest BCUT2D eigenvalue weighted by Crippen LogP contribution is 2.45. The van der Waals surface area contributed by atoms with Crippen LogP contribution in [0, 0.1) is 0 Å². The highest BCUT2D eigenvalue weighted by atomic mass is 16.6. The van der Waals surface area contributed by atoms with Crippen molar-refractivity contribution < 1.29 is 19.0 Å². The van der Waals surface area contributed by atoms with Crippen LogP contribution >= 0.6 is 0 Å². The van der Waals surface area contributed by atoms with Gasteiger partial charge in [-0.3, -0.25) is 4.79 Å². The van der Waals surface area contributed by atoms with Crippen molar-refractivity contribution in [3.63, 3.8) is 0 Å². The number of nitrogens with one attached hydrogen (secondary N) is 1. The molecule has 2 atom stereocenters. The number of benzene rings is 3. The van der Waals surface area contributed by atoms with E-state index in [9.17, 15) is 4.79 Å². The van der Waals surface area contributed by atoms with Gasteiger partial charge in [0, 0.05) is 17.7 Å². The van der Waals surface area contributed by atoms with E-state index in [2.05, 4.69) is 4.98 Å². The van der Waals surface area contributed by atoms with Crippen molar-refractivity contribution >= 4 is 16.7 Å². The van der Waals surface area contributed by atoms with Gasteiger partial charge in [0.2, 0.25) is 5.78 Å². The van der Waals surface area contributed by atoms with Gasteiger partial charge in [-0.1, -0.05) is 60.7 Å². The number of rotatable bonds is 6. The van der Waals surface area contributed by atoms with Crippen LogP contribution < -0.4 is 9.47 Å². The summed E-state index contributed by atoms with van der Waals surface area (Å²) >= 11 is 0. The van der Waals surface area contributed by atoms with Gasteiger partial charge in [-0.2, -0.15) is 0 Å². The van der Waals surface area contributed by atoms with Crippen molar-refractivity contribution in [3.8, 4) is 22.6 Å². The molecule has 5 heteroatoms. The lowest BCUT2D eigenvalue weighted by molar-refractivity contribution is 0.0950. The molecule has 0 saturated carbocycles. The van der Waals surface area contributed by atoms with Gasteiger partial charge in [-0.15, -0.1) is 0 Å². The smallest absolute Gasteiger partial charge is 0.211 e. The maximum absolute atomic E-state index is 13.5. The number of ether oxygens (including phenoxy) is 3. The summed E-state index contributed by atoms with van der Waals surface area (Å²) in [5.41, 5.74) is 4.06. The first kappa shape index (κ1) is 18.5. The molecule has 0 bridgehead atoms. The molecular formula is C25H21NO4. The van der Waals surface area contributed by atoms with Crippen LogP contribution in [0.3, 0.4) is 0 Å². The molecule has 4 aromatic rings. The lowest BCUT2D eigenvalue weighted by Crippen LogP contribution is -2.10. The Kier molecular flexibility index (Phi) is 4.52. The molecule has 2 heterocycles. The molecule has 0 spiro atoms. The second-order valence-electron chi connectivity index (χ2n) is 7.25. The van der Waals surface area contributed by atoms with Crippen LogP contribution in [-0.4, -0.2) is 31.1 Å². The molecule has 0 amide bonds. The van der Waals surface area contributed by atoms with Crippen LogP contribution in [-0.2, 0) is 4.74 Å². The summed E-state index contributed by atoms with van der Waals surface area (Å²) in [4.78, 5) is 16.8. The summed E-state index contributed by atoms with van der Waals surface area (Å²) in [7, 11) is 3.23. The van der Waals surface area contributed by atoms with Crippen LogP contribution in [0.1, 0.15) is 22.2 Å². The number of aromatic amines is 1. The maximum atomic E-state index is 13.5. The number of carbonyl (C=O) groups excluding carboxylic acids is 1. The summed E-state index contributed by atoms with van der Waals surface area (Å²) in [5, 5.41) is 0.852. The van der Waals surface area contributed by atoms with E-state index in [1.54, 1.807) is 14.2 Å². The molecule has 2 unspecified atom stereocenters. The summed E-state index contributed by atoms with van der Waals surface area (Å²) < 4.78 is 16.8. The van der Waals surface area contributed by atoms with E-state index in [0.717, 1.165) is 27.6 Å². The minimum Gasteiger partial charge on any atom is -0.497 e. The molecule has 0 radical (unpaired) electrons. The Morgan fingerprint density at radius 2 is 1.63 bits per heavy atom. The standard InChI is InChI=1S/C25H21NO4/c1-28-17-13-18-21(19(14-17)29-2)20(15-9-5-3-6-10-15)22(26-18)23(27)25-24(30-25)16-11-7-4-8-12-16/h3-14,24-26H,1-2H3. The van der Waals surface area contributed by atoms with Crippen LogP contribution in [0.5, 0.6) is 11.5 Å². The number of hydrogen-bond donors (Lipinski definition) is 1. The van der Waals surface area contributed by atoms with Crippen molar-refractivity contribution in [1.82, 2.24) is 4.98 Å². The number of Topliss-reactive ketones (excluding diaryl/α,β-unsaturated/α-hetero) is 1.